The molecule has 3 rings (SSSR count). The maximum atomic E-state index is 4.79. The largest absolute Gasteiger partial charge is 0.364 e. The van der Waals surface area contributed by atoms with Crippen LogP contribution in [0.3, 0.4) is 0 Å². The third kappa shape index (κ3) is 3.20. The van der Waals surface area contributed by atoms with Crippen LogP contribution in [0.25, 0.3) is 0 Å². The third-order valence-corrected chi connectivity index (χ3v) is 3.41. The van der Waals surface area contributed by atoms with Crippen LogP contribution in [0, 0.1) is 0 Å². The van der Waals surface area contributed by atoms with Crippen molar-refractivity contribution in [3.63, 3.8) is 0 Å². The predicted octanol–water partition coefficient (Wildman–Crippen LogP) is 2.51. The summed E-state index contributed by atoms with van der Waals surface area (Å²) in [5, 5.41) is 7.65. The summed E-state index contributed by atoms with van der Waals surface area (Å²) < 4.78 is 9.58. The van der Waals surface area contributed by atoms with Gasteiger partial charge in [-0.1, -0.05) is 23.2 Å². The Morgan fingerprint density at radius 3 is 1.80 bits per heavy atom. The van der Waals surface area contributed by atoms with Crippen molar-refractivity contribution in [1.29, 1.82) is 0 Å². The van der Waals surface area contributed by atoms with E-state index in [0.29, 0.717) is 0 Å². The lowest BCUT2D eigenvalue weighted by atomic mass is 9.91. The number of hydrogen-bond acceptors (Lipinski definition) is 6. The Morgan fingerprint density at radius 2 is 1.40 bits per heavy atom. The van der Waals surface area contributed by atoms with Crippen LogP contribution in [-0.4, -0.2) is 34.8 Å². The molecule has 0 spiro atoms. The normalized spacial score (nSPS) is 23.8. The smallest absolute Gasteiger partial charge is 0.124 e. The van der Waals surface area contributed by atoms with Gasteiger partial charge in [0.1, 0.15) is 23.9 Å². The summed E-state index contributed by atoms with van der Waals surface area (Å²) in [6.07, 6.45) is 11.1. The first-order valence-corrected chi connectivity index (χ1v) is 6.79. The molecule has 2 aromatic heterocycles. The van der Waals surface area contributed by atoms with Gasteiger partial charge in [0.15, 0.2) is 0 Å². The van der Waals surface area contributed by atoms with Crippen LogP contribution in [0.1, 0.15) is 37.1 Å². The Bertz CT molecular complexity index is 508. The molecule has 2 aromatic rings. The number of nitrogens with zero attached hydrogens (tertiary/aromatic N) is 4. The van der Waals surface area contributed by atoms with E-state index in [9.17, 15) is 0 Å². The Hall–Kier alpha value is -2.24. The summed E-state index contributed by atoms with van der Waals surface area (Å²) in [6, 6.07) is 3.98. The van der Waals surface area contributed by atoms with Crippen LogP contribution in [0.4, 0.5) is 0 Å². The highest BCUT2D eigenvalue weighted by Crippen LogP contribution is 2.23. The second kappa shape index (κ2) is 6.27. The first-order chi connectivity index (χ1) is 9.92. The number of hydrogen-bond donors (Lipinski definition) is 0. The maximum Gasteiger partial charge on any atom is 0.124 e. The Labute approximate surface area is 116 Å². The second-order valence-electron chi connectivity index (χ2n) is 4.82. The lowest BCUT2D eigenvalue weighted by Gasteiger charge is -2.25. The van der Waals surface area contributed by atoms with Gasteiger partial charge in [-0.25, -0.2) is 0 Å². The highest BCUT2D eigenvalue weighted by Gasteiger charge is 2.23. The maximum absolute atomic E-state index is 4.79. The molecule has 2 unspecified atom stereocenters. The second-order valence-corrected chi connectivity index (χ2v) is 4.82. The van der Waals surface area contributed by atoms with Gasteiger partial charge in [-0.05, 0) is 12.8 Å². The molecule has 0 bridgehead atoms. The molecule has 2 atom stereocenters. The lowest BCUT2D eigenvalue weighted by Crippen LogP contribution is -2.27. The van der Waals surface area contributed by atoms with E-state index in [1.807, 2.05) is 0 Å². The molecule has 0 saturated heterocycles. The summed E-state index contributed by atoms with van der Waals surface area (Å²) in [5.41, 5.74) is 1.49. The zero-order chi connectivity index (χ0) is 13.6. The van der Waals surface area contributed by atoms with Gasteiger partial charge in [0, 0.05) is 12.1 Å². The van der Waals surface area contributed by atoms with E-state index in [4.69, 9.17) is 9.05 Å². The van der Waals surface area contributed by atoms with Gasteiger partial charge in [0.25, 0.3) is 0 Å². The Kier molecular flexibility index (Phi) is 4.01. The van der Waals surface area contributed by atoms with Crippen molar-refractivity contribution in [3.05, 3.63) is 36.0 Å². The van der Waals surface area contributed by atoms with Crippen molar-refractivity contribution in [2.75, 3.05) is 0 Å². The zero-order valence-electron chi connectivity index (χ0n) is 11.1. The third-order valence-electron chi connectivity index (χ3n) is 3.41. The van der Waals surface area contributed by atoms with Crippen molar-refractivity contribution in [3.8, 4) is 0 Å². The molecule has 1 saturated carbocycles. The van der Waals surface area contributed by atoms with Crippen molar-refractivity contribution < 1.29 is 9.05 Å². The van der Waals surface area contributed by atoms with E-state index in [-0.39, 0.29) is 12.1 Å². The molecule has 6 nitrogen and oxygen atoms in total. The SMILES string of the molecule is C(=NC1CCCCC1N=Cc1ccon1)c1ccon1. The van der Waals surface area contributed by atoms with Crippen LogP contribution >= 0.6 is 0 Å². The average molecular weight is 272 g/mol. The summed E-state index contributed by atoms with van der Waals surface area (Å²) in [6.45, 7) is 0. The monoisotopic (exact) mass is 272 g/mol. The quantitative estimate of drug-likeness (QED) is 0.801. The van der Waals surface area contributed by atoms with E-state index < -0.39 is 0 Å². The Morgan fingerprint density at radius 1 is 0.900 bits per heavy atom. The van der Waals surface area contributed by atoms with E-state index in [2.05, 4.69) is 20.3 Å². The molecule has 20 heavy (non-hydrogen) atoms. The van der Waals surface area contributed by atoms with Crippen LogP contribution in [0.15, 0.2) is 43.7 Å². The number of rotatable bonds is 4. The molecule has 1 aliphatic rings. The molecule has 0 aromatic carbocycles. The summed E-state index contributed by atoms with van der Waals surface area (Å²) in [5.74, 6) is 0. The van der Waals surface area contributed by atoms with E-state index in [1.54, 1.807) is 37.1 Å². The standard InChI is InChI=1S/C14H16N4O2/c1-2-4-14(16-10-12-6-8-20-18-12)13(3-1)15-9-11-5-7-19-17-11/h5-10,13-14H,1-4H2. The molecule has 0 aliphatic heterocycles. The molecular weight excluding hydrogens is 256 g/mol. The highest BCUT2D eigenvalue weighted by atomic mass is 16.5. The zero-order valence-corrected chi connectivity index (χ0v) is 11.1. The Balaban J connectivity index is 1.67. The van der Waals surface area contributed by atoms with E-state index in [0.717, 1.165) is 24.2 Å². The molecule has 0 radical (unpaired) electrons. The number of aliphatic imine (C=N–C) groups is 2. The van der Waals surface area contributed by atoms with Crippen LogP contribution < -0.4 is 0 Å². The van der Waals surface area contributed by atoms with Gasteiger partial charge >= 0.3 is 0 Å². The van der Waals surface area contributed by atoms with E-state index in [1.165, 1.54) is 12.8 Å². The van der Waals surface area contributed by atoms with Gasteiger partial charge in [-0.2, -0.15) is 0 Å². The summed E-state index contributed by atoms with van der Waals surface area (Å²) in [4.78, 5) is 9.20. The molecule has 0 N–H and O–H groups in total. The minimum atomic E-state index is 0.198. The molecule has 0 amide bonds. The van der Waals surface area contributed by atoms with Gasteiger partial charge in [0.2, 0.25) is 0 Å². The highest BCUT2D eigenvalue weighted by molar-refractivity contribution is 5.77. The van der Waals surface area contributed by atoms with Crippen LogP contribution in [0.2, 0.25) is 0 Å². The summed E-state index contributed by atoms with van der Waals surface area (Å²) >= 11 is 0. The van der Waals surface area contributed by atoms with Crippen molar-refractivity contribution in [1.82, 2.24) is 10.3 Å². The van der Waals surface area contributed by atoms with Crippen molar-refractivity contribution >= 4 is 12.4 Å². The fourth-order valence-corrected chi connectivity index (χ4v) is 2.36. The molecule has 2 heterocycles. The van der Waals surface area contributed by atoms with Gasteiger partial charge in [-0.15, -0.1) is 0 Å². The molecule has 1 aliphatic carbocycles. The van der Waals surface area contributed by atoms with Gasteiger partial charge in [-0.3, -0.25) is 9.98 Å². The average Bonchev–Trinajstić information content (AvgIpc) is 3.17. The fourth-order valence-electron chi connectivity index (χ4n) is 2.36. The first-order valence-electron chi connectivity index (χ1n) is 6.79. The predicted molar refractivity (Wildman–Crippen MR) is 74.2 cm³/mol. The summed E-state index contributed by atoms with van der Waals surface area (Å²) in [7, 11) is 0. The lowest BCUT2D eigenvalue weighted by molar-refractivity contribution is 0.389. The minimum absolute atomic E-state index is 0.198. The van der Waals surface area contributed by atoms with E-state index >= 15 is 0 Å². The van der Waals surface area contributed by atoms with Crippen molar-refractivity contribution in [2.45, 2.75) is 37.8 Å². The number of aromatic nitrogens is 2. The fraction of sp³-hybridized carbons (Fsp3) is 0.429. The van der Waals surface area contributed by atoms with Crippen LogP contribution in [0.5, 0.6) is 0 Å². The molecule has 6 heteroatoms. The minimum Gasteiger partial charge on any atom is -0.364 e. The molecule has 104 valence electrons. The van der Waals surface area contributed by atoms with Gasteiger partial charge in [0.05, 0.1) is 24.5 Å². The van der Waals surface area contributed by atoms with Gasteiger partial charge < -0.3 is 9.05 Å². The topological polar surface area (TPSA) is 76.8 Å². The molecule has 1 fully saturated rings. The van der Waals surface area contributed by atoms with Crippen LogP contribution in [-0.2, 0) is 0 Å². The molecular formula is C14H16N4O2. The van der Waals surface area contributed by atoms with Crippen molar-refractivity contribution in [2.24, 2.45) is 9.98 Å². The first kappa shape index (κ1) is 12.8.